The smallest absolute Gasteiger partial charge is 0.154 e. The van der Waals surface area contributed by atoms with Gasteiger partial charge in [0, 0.05) is 19.0 Å². The summed E-state index contributed by atoms with van der Waals surface area (Å²) in [6.45, 7) is 9.10. The molecule has 5 nitrogen and oxygen atoms in total. The predicted octanol–water partition coefficient (Wildman–Crippen LogP) is 1.77. The molecule has 0 aliphatic carbocycles. The lowest BCUT2D eigenvalue weighted by Gasteiger charge is -2.33. The van der Waals surface area contributed by atoms with Gasteiger partial charge in [-0.3, -0.25) is 4.68 Å². The van der Waals surface area contributed by atoms with Gasteiger partial charge in [-0.25, -0.2) is 8.42 Å². The topological polar surface area (TPSA) is 64.0 Å². The average Bonchev–Trinajstić information content (AvgIpc) is 2.76. The van der Waals surface area contributed by atoms with Crippen LogP contribution in [0.25, 0.3) is 0 Å². The van der Waals surface area contributed by atoms with E-state index in [2.05, 4.69) is 17.3 Å². The molecule has 0 bridgehead atoms. The average molecular weight is 287 g/mol. The minimum absolute atomic E-state index is 0.259. The van der Waals surface area contributed by atoms with Crippen LogP contribution in [0.1, 0.15) is 45.9 Å². The molecule has 0 saturated heterocycles. The Balaban J connectivity index is 3.23. The van der Waals surface area contributed by atoms with Crippen molar-refractivity contribution in [1.82, 2.24) is 15.1 Å². The second-order valence-electron chi connectivity index (χ2n) is 5.33. The molecule has 1 heterocycles. The predicted molar refractivity (Wildman–Crippen MR) is 77.9 cm³/mol. The second-order valence-corrected chi connectivity index (χ2v) is 7.93. The number of aromatic nitrogens is 2. The van der Waals surface area contributed by atoms with Gasteiger partial charge in [0.15, 0.2) is 9.84 Å². The Kier molecular flexibility index (Phi) is 5.15. The number of nitrogens with zero attached hydrogens (tertiary/aromatic N) is 2. The van der Waals surface area contributed by atoms with Crippen molar-refractivity contribution in [2.75, 3.05) is 12.8 Å². The van der Waals surface area contributed by atoms with Gasteiger partial charge in [-0.2, -0.15) is 5.10 Å². The van der Waals surface area contributed by atoms with Crippen LogP contribution in [-0.2, 0) is 16.4 Å². The number of nitrogens with one attached hydrogen (secondary N) is 1. The van der Waals surface area contributed by atoms with Gasteiger partial charge in [0.2, 0.25) is 0 Å². The second kappa shape index (κ2) is 6.05. The molecule has 1 aromatic rings. The van der Waals surface area contributed by atoms with Gasteiger partial charge in [-0.1, -0.05) is 6.92 Å². The fraction of sp³-hybridized carbons (Fsp3) is 0.769. The first kappa shape index (κ1) is 16.2. The third kappa shape index (κ3) is 3.36. The molecule has 0 spiro atoms. The Hall–Kier alpha value is -0.880. The summed E-state index contributed by atoms with van der Waals surface area (Å²) in [5.74, 6) is 0. The molecule has 19 heavy (non-hydrogen) atoms. The first-order chi connectivity index (χ1) is 8.75. The number of aryl methyl sites for hydroxylation is 1. The highest BCUT2D eigenvalue weighted by Gasteiger charge is 2.41. The Morgan fingerprint density at radius 1 is 1.42 bits per heavy atom. The summed E-state index contributed by atoms with van der Waals surface area (Å²) in [5, 5.41) is 7.59. The van der Waals surface area contributed by atoms with E-state index >= 15 is 0 Å². The lowest BCUT2D eigenvalue weighted by atomic mass is 9.99. The van der Waals surface area contributed by atoms with Crippen molar-refractivity contribution >= 4 is 9.84 Å². The lowest BCUT2D eigenvalue weighted by Crippen LogP contribution is -2.46. The number of hydrogen-bond donors (Lipinski definition) is 1. The van der Waals surface area contributed by atoms with Crippen molar-refractivity contribution in [2.24, 2.45) is 0 Å². The summed E-state index contributed by atoms with van der Waals surface area (Å²) in [6.07, 6.45) is 3.97. The van der Waals surface area contributed by atoms with Gasteiger partial charge in [0.1, 0.15) is 0 Å². The number of sulfone groups is 1. The van der Waals surface area contributed by atoms with E-state index < -0.39 is 14.6 Å². The van der Waals surface area contributed by atoms with Crippen molar-refractivity contribution in [3.8, 4) is 0 Å². The largest absolute Gasteiger partial charge is 0.307 e. The molecule has 0 aliphatic heterocycles. The molecule has 0 amide bonds. The first-order valence-electron chi connectivity index (χ1n) is 6.70. The van der Waals surface area contributed by atoms with Crippen LogP contribution in [0.3, 0.4) is 0 Å². The SMILES string of the molecule is CCCNC(c1ccnn1CC)C(C)(C)S(C)(=O)=O. The highest BCUT2D eigenvalue weighted by atomic mass is 32.2. The fourth-order valence-electron chi connectivity index (χ4n) is 2.06. The first-order valence-corrected chi connectivity index (χ1v) is 8.59. The Morgan fingerprint density at radius 2 is 2.05 bits per heavy atom. The summed E-state index contributed by atoms with van der Waals surface area (Å²) >= 11 is 0. The van der Waals surface area contributed by atoms with E-state index in [1.54, 1.807) is 20.0 Å². The van der Waals surface area contributed by atoms with E-state index in [4.69, 9.17) is 0 Å². The zero-order valence-electron chi connectivity index (χ0n) is 12.5. The monoisotopic (exact) mass is 287 g/mol. The van der Waals surface area contributed by atoms with E-state index in [1.165, 1.54) is 6.26 Å². The Morgan fingerprint density at radius 3 is 2.53 bits per heavy atom. The number of hydrogen-bond acceptors (Lipinski definition) is 4. The van der Waals surface area contributed by atoms with Gasteiger partial charge >= 0.3 is 0 Å². The molecule has 0 aliphatic rings. The van der Waals surface area contributed by atoms with Crippen LogP contribution in [-0.4, -0.2) is 35.7 Å². The molecule has 1 rings (SSSR count). The van der Waals surface area contributed by atoms with Crippen molar-refractivity contribution in [1.29, 1.82) is 0 Å². The van der Waals surface area contributed by atoms with Crippen LogP contribution in [0.4, 0.5) is 0 Å². The number of rotatable bonds is 7. The fourth-order valence-corrected chi connectivity index (χ4v) is 2.69. The van der Waals surface area contributed by atoms with Crippen molar-refractivity contribution in [2.45, 2.75) is 51.4 Å². The van der Waals surface area contributed by atoms with Gasteiger partial charge in [0.05, 0.1) is 16.5 Å². The van der Waals surface area contributed by atoms with Crippen LogP contribution < -0.4 is 5.32 Å². The van der Waals surface area contributed by atoms with Gasteiger partial charge in [-0.15, -0.1) is 0 Å². The van der Waals surface area contributed by atoms with Crippen LogP contribution in [0.2, 0.25) is 0 Å². The minimum atomic E-state index is -3.19. The molecule has 1 N–H and O–H groups in total. The van der Waals surface area contributed by atoms with E-state index in [0.717, 1.165) is 25.2 Å². The van der Waals surface area contributed by atoms with E-state index in [0.29, 0.717) is 0 Å². The standard InChI is InChI=1S/C13H25N3O2S/c1-6-9-14-12(13(3,4)19(5,17)18)11-8-10-15-16(11)7-2/h8,10,12,14H,6-7,9H2,1-5H3. The third-order valence-electron chi connectivity index (χ3n) is 3.59. The maximum atomic E-state index is 12.1. The molecule has 0 fully saturated rings. The molecular formula is C13H25N3O2S. The highest BCUT2D eigenvalue weighted by molar-refractivity contribution is 7.92. The van der Waals surface area contributed by atoms with Gasteiger partial charge in [-0.05, 0) is 39.8 Å². The maximum absolute atomic E-state index is 12.1. The van der Waals surface area contributed by atoms with Crippen molar-refractivity contribution in [3.63, 3.8) is 0 Å². The molecule has 6 heteroatoms. The zero-order chi connectivity index (χ0) is 14.7. The van der Waals surface area contributed by atoms with E-state index in [9.17, 15) is 8.42 Å². The molecular weight excluding hydrogens is 262 g/mol. The summed E-state index contributed by atoms with van der Waals surface area (Å²) in [5.41, 5.74) is 0.923. The third-order valence-corrected chi connectivity index (χ3v) is 5.74. The summed E-state index contributed by atoms with van der Waals surface area (Å²) in [4.78, 5) is 0. The molecule has 0 aromatic carbocycles. The van der Waals surface area contributed by atoms with Gasteiger partial charge in [0.25, 0.3) is 0 Å². The summed E-state index contributed by atoms with van der Waals surface area (Å²) in [7, 11) is -3.19. The quantitative estimate of drug-likeness (QED) is 0.830. The highest BCUT2D eigenvalue weighted by Crippen LogP contribution is 2.32. The van der Waals surface area contributed by atoms with Crippen LogP contribution >= 0.6 is 0 Å². The molecule has 0 saturated carbocycles. The van der Waals surface area contributed by atoms with Crippen LogP contribution in [0, 0.1) is 0 Å². The molecule has 1 aromatic heterocycles. The maximum Gasteiger partial charge on any atom is 0.154 e. The molecule has 0 radical (unpaired) electrons. The van der Waals surface area contributed by atoms with Crippen molar-refractivity contribution < 1.29 is 8.42 Å². The Labute approximate surface area is 116 Å². The minimum Gasteiger partial charge on any atom is -0.307 e. The van der Waals surface area contributed by atoms with Crippen LogP contribution in [0.15, 0.2) is 12.3 Å². The van der Waals surface area contributed by atoms with Gasteiger partial charge < -0.3 is 5.32 Å². The molecule has 1 unspecified atom stereocenters. The zero-order valence-corrected chi connectivity index (χ0v) is 13.3. The summed E-state index contributed by atoms with van der Waals surface area (Å²) in [6, 6.07) is 1.63. The normalized spacial score (nSPS) is 14.6. The lowest BCUT2D eigenvalue weighted by molar-refractivity contribution is 0.394. The van der Waals surface area contributed by atoms with E-state index in [-0.39, 0.29) is 6.04 Å². The van der Waals surface area contributed by atoms with Crippen LogP contribution in [0.5, 0.6) is 0 Å². The Bertz CT molecular complexity index is 506. The van der Waals surface area contributed by atoms with Crippen molar-refractivity contribution in [3.05, 3.63) is 18.0 Å². The molecule has 1 atom stereocenters. The summed E-state index contributed by atoms with van der Waals surface area (Å²) < 4.78 is 25.1. The van der Waals surface area contributed by atoms with E-state index in [1.807, 2.05) is 17.7 Å². The molecule has 110 valence electrons.